The molecule has 0 aromatic heterocycles. The molecule has 0 aliphatic carbocycles. The highest BCUT2D eigenvalue weighted by atomic mass is 35.5. The van der Waals surface area contributed by atoms with Gasteiger partial charge >= 0.3 is 24.1 Å². The molecule has 1 N–H and O–H groups in total. The molecule has 2 aromatic carbocycles. The van der Waals surface area contributed by atoms with E-state index in [4.69, 9.17) is 21.1 Å². The summed E-state index contributed by atoms with van der Waals surface area (Å²) in [6.07, 6.45) is -8.13. The van der Waals surface area contributed by atoms with Crippen molar-refractivity contribution in [2.24, 2.45) is 0 Å². The number of rotatable bonds is 3. The minimum absolute atomic E-state index is 0.0725. The van der Waals surface area contributed by atoms with Crippen molar-refractivity contribution in [3.8, 4) is 5.75 Å². The minimum atomic E-state index is -5.29. The molecule has 0 fully saturated rings. The van der Waals surface area contributed by atoms with Crippen LogP contribution in [0.25, 0.3) is 0 Å². The summed E-state index contributed by atoms with van der Waals surface area (Å²) in [4.78, 5) is 25.2. The number of cyclic esters (lactones) is 1. The number of benzene rings is 2. The lowest BCUT2D eigenvalue weighted by Gasteiger charge is -2.38. The van der Waals surface area contributed by atoms with E-state index in [1.807, 2.05) is 0 Å². The topological polar surface area (TPSA) is 77.1 Å². The number of hydrogen-bond donors (Lipinski definition) is 1. The SMILES string of the molecule is COc1ccc(N(C)C(=O)OC2(C(F)(F)F)OC(=O)Nc3ccc(Cl)cc32)cc1. The third-order valence-electron chi connectivity index (χ3n) is 4.15. The summed E-state index contributed by atoms with van der Waals surface area (Å²) in [7, 11) is 2.64. The summed E-state index contributed by atoms with van der Waals surface area (Å²) in [6, 6.07) is 9.25. The summed E-state index contributed by atoms with van der Waals surface area (Å²) in [6.45, 7) is 0. The quantitative estimate of drug-likeness (QED) is 0.749. The first-order valence-electron chi connectivity index (χ1n) is 8.05. The molecule has 29 heavy (non-hydrogen) atoms. The van der Waals surface area contributed by atoms with Gasteiger partial charge in [-0.3, -0.25) is 10.2 Å². The Kier molecular flexibility index (Phi) is 5.22. The Balaban J connectivity index is 2.01. The van der Waals surface area contributed by atoms with Crippen LogP contribution in [0.3, 0.4) is 0 Å². The Hall–Kier alpha value is -3.14. The number of nitrogens with zero attached hydrogens (tertiary/aromatic N) is 1. The second kappa shape index (κ2) is 7.36. The largest absolute Gasteiger partial charge is 0.497 e. The van der Waals surface area contributed by atoms with Gasteiger partial charge in [-0.25, -0.2) is 9.59 Å². The molecule has 0 spiro atoms. The lowest BCUT2D eigenvalue weighted by molar-refractivity contribution is -0.350. The van der Waals surface area contributed by atoms with Crippen molar-refractivity contribution in [1.82, 2.24) is 0 Å². The highest BCUT2D eigenvalue weighted by molar-refractivity contribution is 6.30. The Morgan fingerprint density at radius 1 is 1.21 bits per heavy atom. The van der Waals surface area contributed by atoms with Gasteiger partial charge in [-0.05, 0) is 42.5 Å². The number of halogens is 4. The number of carbonyl (C=O) groups excluding carboxylic acids is 2. The zero-order chi connectivity index (χ0) is 21.4. The molecule has 11 heteroatoms. The van der Waals surface area contributed by atoms with Gasteiger partial charge in [-0.1, -0.05) is 11.6 Å². The number of hydrogen-bond acceptors (Lipinski definition) is 5. The first kappa shape index (κ1) is 20.6. The number of fused-ring (bicyclic) bond motifs is 1. The number of alkyl halides is 3. The predicted octanol–water partition coefficient (Wildman–Crippen LogP) is 4.90. The van der Waals surface area contributed by atoms with E-state index in [0.717, 1.165) is 17.0 Å². The van der Waals surface area contributed by atoms with E-state index >= 15 is 0 Å². The van der Waals surface area contributed by atoms with Gasteiger partial charge in [-0.15, -0.1) is 0 Å². The summed E-state index contributed by atoms with van der Waals surface area (Å²) in [5.74, 6) is -3.19. The predicted molar refractivity (Wildman–Crippen MR) is 97.2 cm³/mol. The summed E-state index contributed by atoms with van der Waals surface area (Å²) in [5, 5.41) is 2.05. The highest BCUT2D eigenvalue weighted by Crippen LogP contribution is 2.49. The number of ether oxygens (including phenoxy) is 3. The third-order valence-corrected chi connectivity index (χ3v) is 4.38. The molecular weight excluding hydrogens is 417 g/mol. The van der Waals surface area contributed by atoms with Crippen molar-refractivity contribution < 1.29 is 37.0 Å². The Morgan fingerprint density at radius 3 is 2.45 bits per heavy atom. The average molecular weight is 431 g/mol. The molecule has 2 amide bonds. The van der Waals surface area contributed by atoms with Crippen LogP contribution in [0.1, 0.15) is 5.56 Å². The fourth-order valence-electron chi connectivity index (χ4n) is 2.67. The van der Waals surface area contributed by atoms with Crippen LogP contribution in [0.2, 0.25) is 5.02 Å². The van der Waals surface area contributed by atoms with E-state index in [2.05, 4.69) is 10.1 Å². The van der Waals surface area contributed by atoms with Gasteiger partial charge in [0, 0.05) is 17.8 Å². The Bertz CT molecular complexity index is 952. The molecule has 0 bridgehead atoms. The zero-order valence-electron chi connectivity index (χ0n) is 15.0. The van der Waals surface area contributed by atoms with Gasteiger partial charge < -0.3 is 14.2 Å². The van der Waals surface area contributed by atoms with Crippen LogP contribution in [0, 0.1) is 0 Å². The Morgan fingerprint density at radius 2 is 1.86 bits per heavy atom. The lowest BCUT2D eigenvalue weighted by atomic mass is 10.0. The van der Waals surface area contributed by atoms with Crippen LogP contribution in [0.4, 0.5) is 34.1 Å². The number of amides is 2. The van der Waals surface area contributed by atoms with E-state index in [1.54, 1.807) is 0 Å². The van der Waals surface area contributed by atoms with Crippen molar-refractivity contribution >= 4 is 35.2 Å². The molecule has 1 atom stereocenters. The minimum Gasteiger partial charge on any atom is -0.497 e. The van der Waals surface area contributed by atoms with Crippen molar-refractivity contribution in [3.63, 3.8) is 0 Å². The summed E-state index contributed by atoms with van der Waals surface area (Å²) in [5.41, 5.74) is -0.684. The second-order valence-corrected chi connectivity index (χ2v) is 6.38. The van der Waals surface area contributed by atoms with Gasteiger partial charge in [0.05, 0.1) is 18.4 Å². The molecular formula is C18H14ClF3N2O5. The van der Waals surface area contributed by atoms with Crippen molar-refractivity contribution in [2.75, 3.05) is 24.4 Å². The maximum Gasteiger partial charge on any atom is 0.473 e. The van der Waals surface area contributed by atoms with Crippen LogP contribution >= 0.6 is 11.6 Å². The molecule has 3 rings (SSSR count). The van der Waals surface area contributed by atoms with E-state index in [1.165, 1.54) is 44.5 Å². The van der Waals surface area contributed by atoms with Crippen molar-refractivity contribution in [1.29, 1.82) is 0 Å². The van der Waals surface area contributed by atoms with E-state index in [0.29, 0.717) is 5.75 Å². The average Bonchev–Trinajstić information content (AvgIpc) is 2.67. The van der Waals surface area contributed by atoms with Crippen LogP contribution in [-0.4, -0.2) is 32.5 Å². The molecule has 1 heterocycles. The van der Waals surface area contributed by atoms with Gasteiger partial charge in [-0.2, -0.15) is 13.2 Å². The van der Waals surface area contributed by atoms with Crippen LogP contribution < -0.4 is 15.0 Å². The summed E-state index contributed by atoms with van der Waals surface area (Å²) >= 11 is 5.82. The van der Waals surface area contributed by atoms with Crippen LogP contribution in [0.5, 0.6) is 5.75 Å². The fraction of sp³-hybridized carbons (Fsp3) is 0.222. The van der Waals surface area contributed by atoms with E-state index in [-0.39, 0.29) is 16.4 Å². The number of anilines is 2. The first-order valence-corrected chi connectivity index (χ1v) is 8.42. The van der Waals surface area contributed by atoms with Crippen LogP contribution in [0.15, 0.2) is 42.5 Å². The standard InChI is InChI=1S/C18H14ClF3N2O5/c1-24(11-4-6-12(27-2)7-5-11)16(26)29-17(18(20,21)22)13-9-10(19)3-8-14(13)23-15(25)28-17/h3-9H,1-2H3,(H,23,25). The number of methoxy groups -OCH3 is 1. The smallest absolute Gasteiger partial charge is 0.473 e. The highest BCUT2D eigenvalue weighted by Gasteiger charge is 2.66. The van der Waals surface area contributed by atoms with Crippen molar-refractivity contribution in [3.05, 3.63) is 53.1 Å². The molecule has 1 aliphatic heterocycles. The molecule has 0 saturated carbocycles. The third kappa shape index (κ3) is 3.75. The van der Waals surface area contributed by atoms with Gasteiger partial charge in [0.2, 0.25) is 0 Å². The monoisotopic (exact) mass is 430 g/mol. The van der Waals surface area contributed by atoms with Crippen molar-refractivity contribution in [2.45, 2.75) is 12.0 Å². The Labute approximate surface area is 167 Å². The zero-order valence-corrected chi connectivity index (χ0v) is 15.8. The van der Waals surface area contributed by atoms with Gasteiger partial charge in [0.25, 0.3) is 0 Å². The maximum atomic E-state index is 14.0. The van der Waals surface area contributed by atoms with E-state index in [9.17, 15) is 22.8 Å². The molecule has 0 radical (unpaired) electrons. The maximum absolute atomic E-state index is 14.0. The first-order chi connectivity index (χ1) is 13.6. The fourth-order valence-corrected chi connectivity index (χ4v) is 2.84. The molecule has 0 saturated heterocycles. The van der Waals surface area contributed by atoms with Crippen LogP contribution in [-0.2, 0) is 15.3 Å². The number of carbonyl (C=O) groups is 2. The molecule has 1 unspecified atom stereocenters. The van der Waals surface area contributed by atoms with E-state index < -0.39 is 29.7 Å². The normalized spacial score (nSPS) is 18.2. The molecule has 7 nitrogen and oxygen atoms in total. The molecule has 1 aliphatic rings. The molecule has 154 valence electrons. The van der Waals surface area contributed by atoms with Gasteiger partial charge in [0.1, 0.15) is 5.75 Å². The summed E-state index contributed by atoms with van der Waals surface area (Å²) < 4.78 is 56.4. The number of nitrogens with one attached hydrogen (secondary N) is 1. The molecule has 2 aromatic rings. The van der Waals surface area contributed by atoms with Gasteiger partial charge in [0.15, 0.2) is 0 Å². The second-order valence-electron chi connectivity index (χ2n) is 5.94. The lowest BCUT2D eigenvalue weighted by Crippen LogP contribution is -2.54.